The van der Waals surface area contributed by atoms with Crippen LogP contribution in [0.2, 0.25) is 0 Å². The van der Waals surface area contributed by atoms with Gasteiger partial charge in [-0.25, -0.2) is 0 Å². The van der Waals surface area contributed by atoms with Crippen LogP contribution in [0.4, 0.5) is 0 Å². The molecule has 2 unspecified atom stereocenters. The summed E-state index contributed by atoms with van der Waals surface area (Å²) < 4.78 is 17.1. The first-order valence-electron chi connectivity index (χ1n) is 21.7. The number of esters is 2. The van der Waals surface area contributed by atoms with Crippen molar-refractivity contribution in [1.29, 1.82) is 0 Å². The highest BCUT2D eigenvalue weighted by molar-refractivity contribution is 5.70. The number of rotatable bonds is 38. The number of nitrogens with zero attached hydrogens (tertiary/aromatic N) is 1. The summed E-state index contributed by atoms with van der Waals surface area (Å²) in [6.07, 6.45) is 42.8. The number of likely N-dealkylation sites (N-methyl/N-ethyl adjacent to an activating group) is 1. The number of hydrogen-bond acceptors (Lipinski definition) is 7. The number of unbranched alkanes of at least 4 members (excludes halogenated alkanes) is 16. The second-order valence-electron chi connectivity index (χ2n) is 15.6. The molecule has 0 heterocycles. The average molecular weight is 760 g/mol. The zero-order valence-corrected chi connectivity index (χ0v) is 35.4. The monoisotopic (exact) mass is 760 g/mol. The average Bonchev–Trinajstić information content (AvgIpc) is 3.12. The van der Waals surface area contributed by atoms with E-state index < -0.39 is 18.1 Å². The summed E-state index contributed by atoms with van der Waals surface area (Å²) in [5.74, 6) is -1.79. The number of hydrogen-bond donors (Lipinski definition) is 0. The van der Waals surface area contributed by atoms with Crippen molar-refractivity contribution in [3.05, 3.63) is 48.6 Å². The van der Waals surface area contributed by atoms with Gasteiger partial charge >= 0.3 is 11.9 Å². The first-order valence-corrected chi connectivity index (χ1v) is 21.7. The Bertz CT molecular complexity index is 1030. The van der Waals surface area contributed by atoms with Crippen LogP contribution in [0.25, 0.3) is 0 Å². The lowest BCUT2D eigenvalue weighted by Gasteiger charge is -2.34. The van der Waals surface area contributed by atoms with Gasteiger partial charge in [-0.2, -0.15) is 0 Å². The molecule has 0 fully saturated rings. The summed E-state index contributed by atoms with van der Waals surface area (Å²) in [4.78, 5) is 36.8. The van der Waals surface area contributed by atoms with Crippen molar-refractivity contribution in [1.82, 2.24) is 0 Å². The molecule has 8 heteroatoms. The molecule has 0 rings (SSSR count). The standard InChI is InChI=1S/C46H81NO7/c1-6-8-10-12-14-16-18-20-22-24-26-28-30-32-34-36-44(48)53-41-42(40-52-39-38-43(46(50)51)47(3,4)5)54-45(49)37-35-33-31-29-27-25-23-21-19-17-15-13-11-9-7-2/h9,11,15,17,21,23,27,29,42-43H,6-8,10,12-14,16,18-20,22,24-26,28,30-41H2,1-5H3/b11-9-,17-15-,23-21-,29-27-. The molecule has 0 radical (unpaired) electrons. The minimum Gasteiger partial charge on any atom is -0.544 e. The van der Waals surface area contributed by atoms with Gasteiger partial charge in [-0.3, -0.25) is 9.59 Å². The smallest absolute Gasteiger partial charge is 0.306 e. The third-order valence-electron chi connectivity index (χ3n) is 9.48. The molecule has 0 N–H and O–H groups in total. The van der Waals surface area contributed by atoms with Crippen LogP contribution in [0.3, 0.4) is 0 Å². The summed E-state index contributed by atoms with van der Waals surface area (Å²) in [6.45, 7) is 4.50. The minimum absolute atomic E-state index is 0.0246. The maximum atomic E-state index is 12.7. The first kappa shape index (κ1) is 51.3. The normalized spacial score (nSPS) is 13.4. The zero-order valence-electron chi connectivity index (χ0n) is 35.4. The Hall–Kier alpha value is -2.71. The number of quaternary nitrogens is 1. The summed E-state index contributed by atoms with van der Waals surface area (Å²) in [5.41, 5.74) is 0. The predicted octanol–water partition coefficient (Wildman–Crippen LogP) is 10.3. The predicted molar refractivity (Wildman–Crippen MR) is 222 cm³/mol. The highest BCUT2D eigenvalue weighted by Gasteiger charge is 2.25. The largest absolute Gasteiger partial charge is 0.544 e. The maximum absolute atomic E-state index is 12.7. The lowest BCUT2D eigenvalue weighted by molar-refractivity contribution is -0.889. The van der Waals surface area contributed by atoms with Crippen LogP contribution in [0.1, 0.15) is 174 Å². The number of allylic oxidation sites excluding steroid dienone is 8. The first-order chi connectivity index (χ1) is 26.1. The number of carboxylic acids is 1. The van der Waals surface area contributed by atoms with E-state index in [2.05, 4.69) is 62.5 Å². The maximum Gasteiger partial charge on any atom is 0.306 e. The lowest BCUT2D eigenvalue weighted by atomic mass is 10.0. The van der Waals surface area contributed by atoms with Gasteiger partial charge in [0.15, 0.2) is 6.10 Å². The number of carbonyl (C=O) groups is 3. The molecule has 2 atom stereocenters. The highest BCUT2D eigenvalue weighted by Crippen LogP contribution is 2.14. The van der Waals surface area contributed by atoms with Crippen molar-refractivity contribution in [2.24, 2.45) is 0 Å². The van der Waals surface area contributed by atoms with Crippen molar-refractivity contribution < 1.29 is 38.2 Å². The third kappa shape index (κ3) is 35.0. The van der Waals surface area contributed by atoms with E-state index in [0.717, 1.165) is 57.8 Å². The zero-order chi connectivity index (χ0) is 40.0. The second kappa shape index (κ2) is 37.2. The molecule has 8 nitrogen and oxygen atoms in total. The number of ether oxygens (including phenoxy) is 3. The molecule has 0 bridgehead atoms. The van der Waals surface area contributed by atoms with E-state index in [4.69, 9.17) is 14.2 Å². The Kier molecular flexibility index (Phi) is 35.4. The molecule has 0 aromatic heterocycles. The third-order valence-corrected chi connectivity index (χ3v) is 9.48. The number of carbonyl (C=O) groups excluding carboxylic acids is 3. The summed E-state index contributed by atoms with van der Waals surface area (Å²) in [5, 5.41) is 11.6. The molecule has 0 spiro atoms. The van der Waals surface area contributed by atoms with E-state index in [9.17, 15) is 19.5 Å². The Morgan fingerprint density at radius 3 is 1.54 bits per heavy atom. The topological polar surface area (TPSA) is 102 Å². The Morgan fingerprint density at radius 2 is 1.04 bits per heavy atom. The van der Waals surface area contributed by atoms with Crippen LogP contribution < -0.4 is 5.11 Å². The van der Waals surface area contributed by atoms with Crippen LogP contribution in [0.15, 0.2) is 48.6 Å². The summed E-state index contributed by atoms with van der Waals surface area (Å²) in [6, 6.07) is -0.732. The summed E-state index contributed by atoms with van der Waals surface area (Å²) >= 11 is 0. The molecule has 54 heavy (non-hydrogen) atoms. The number of carboxylic acid groups (broad SMARTS) is 1. The van der Waals surface area contributed by atoms with E-state index in [0.29, 0.717) is 12.8 Å². The van der Waals surface area contributed by atoms with Gasteiger partial charge in [0.1, 0.15) is 12.6 Å². The van der Waals surface area contributed by atoms with Gasteiger partial charge in [0, 0.05) is 19.3 Å². The van der Waals surface area contributed by atoms with E-state index in [1.165, 1.54) is 77.0 Å². The Morgan fingerprint density at radius 1 is 0.574 bits per heavy atom. The van der Waals surface area contributed by atoms with Crippen molar-refractivity contribution in [3.63, 3.8) is 0 Å². The molecule has 0 aliphatic heterocycles. The molecule has 0 aliphatic rings. The van der Waals surface area contributed by atoms with Crippen LogP contribution in [0, 0.1) is 0 Å². The van der Waals surface area contributed by atoms with Crippen LogP contribution >= 0.6 is 0 Å². The quantitative estimate of drug-likeness (QED) is 0.0267. The Balaban J connectivity index is 4.42. The van der Waals surface area contributed by atoms with E-state index >= 15 is 0 Å². The van der Waals surface area contributed by atoms with Gasteiger partial charge in [-0.15, -0.1) is 0 Å². The molecule has 0 aliphatic carbocycles. The van der Waals surface area contributed by atoms with Crippen molar-refractivity contribution in [3.8, 4) is 0 Å². The van der Waals surface area contributed by atoms with Crippen molar-refractivity contribution in [2.45, 2.75) is 187 Å². The molecular weight excluding hydrogens is 679 g/mol. The minimum atomic E-state index is -1.13. The molecular formula is C46H81NO7. The SMILES string of the molecule is CC/C=C\C/C=C\C/C=C\C/C=C\CCCCC(=O)OC(COCCC(C(=O)[O-])[N+](C)(C)C)COC(=O)CCCCCCCCCCCCCCCCC. The highest BCUT2D eigenvalue weighted by atomic mass is 16.6. The molecule has 0 saturated heterocycles. The Labute approximate surface area is 331 Å². The van der Waals surface area contributed by atoms with E-state index in [-0.39, 0.29) is 49.1 Å². The van der Waals surface area contributed by atoms with E-state index in [1.807, 2.05) is 0 Å². The molecule has 0 aromatic rings. The van der Waals surface area contributed by atoms with Gasteiger partial charge in [-0.1, -0.05) is 152 Å². The van der Waals surface area contributed by atoms with Gasteiger partial charge in [0.05, 0.1) is 40.3 Å². The molecule has 0 saturated carbocycles. The molecule has 0 aromatic carbocycles. The van der Waals surface area contributed by atoms with Crippen LogP contribution in [-0.2, 0) is 28.6 Å². The van der Waals surface area contributed by atoms with Gasteiger partial charge in [0.2, 0.25) is 0 Å². The van der Waals surface area contributed by atoms with Gasteiger partial charge in [-0.05, 0) is 51.4 Å². The fraction of sp³-hybridized carbons (Fsp3) is 0.761. The lowest BCUT2D eigenvalue weighted by Crippen LogP contribution is -2.55. The molecule has 0 amide bonds. The van der Waals surface area contributed by atoms with Gasteiger partial charge in [0.25, 0.3) is 0 Å². The number of aliphatic carboxylic acids is 1. The van der Waals surface area contributed by atoms with Crippen molar-refractivity contribution >= 4 is 17.9 Å². The molecule has 312 valence electrons. The van der Waals surface area contributed by atoms with Crippen molar-refractivity contribution in [2.75, 3.05) is 41.0 Å². The van der Waals surface area contributed by atoms with E-state index in [1.54, 1.807) is 21.1 Å². The van der Waals surface area contributed by atoms with Gasteiger partial charge < -0.3 is 28.6 Å². The second-order valence-corrected chi connectivity index (χ2v) is 15.6. The fourth-order valence-corrected chi connectivity index (χ4v) is 6.12. The summed E-state index contributed by atoms with van der Waals surface area (Å²) in [7, 11) is 5.39. The van der Waals surface area contributed by atoms with Crippen LogP contribution in [-0.4, -0.2) is 75.5 Å². The van der Waals surface area contributed by atoms with Crippen LogP contribution in [0.5, 0.6) is 0 Å². The fourth-order valence-electron chi connectivity index (χ4n) is 6.12.